The van der Waals surface area contributed by atoms with E-state index < -0.39 is 11.2 Å². The van der Waals surface area contributed by atoms with E-state index in [1.807, 2.05) is 6.07 Å². The number of benzene rings is 1. The number of carbonyl (C=O) groups excluding carboxylic acids is 1. The third-order valence-corrected chi connectivity index (χ3v) is 3.43. The number of fused-ring (bicyclic) bond motifs is 1. The number of nitrogens with two attached hydrogens (primary N) is 1. The van der Waals surface area contributed by atoms with Gasteiger partial charge in [-0.3, -0.25) is 9.78 Å². The summed E-state index contributed by atoms with van der Waals surface area (Å²) in [5, 5.41) is 0. The van der Waals surface area contributed by atoms with Gasteiger partial charge < -0.3 is 14.9 Å². The molecule has 3 N–H and O–H groups in total. The Morgan fingerprint density at radius 3 is 2.86 bits per heavy atom. The Morgan fingerprint density at radius 2 is 2.19 bits per heavy atom. The highest BCUT2D eigenvalue weighted by molar-refractivity contribution is 5.76. The zero-order valence-corrected chi connectivity index (χ0v) is 12.4. The number of hydrogen-bond donors (Lipinski definition) is 2. The topological polar surface area (TPSA) is 98.3 Å². The Balaban J connectivity index is 2.19. The maximum Gasteiger partial charge on any atom is 0.417 e. The van der Waals surface area contributed by atoms with Crippen LogP contribution < -0.4 is 11.5 Å². The molecule has 114 valence electrons. The molecule has 0 aliphatic heterocycles. The second kappa shape index (κ2) is 5.73. The normalized spacial score (nSPS) is 13.3. The molecule has 2 aromatic rings. The van der Waals surface area contributed by atoms with Gasteiger partial charge in [-0.05, 0) is 44.9 Å². The summed E-state index contributed by atoms with van der Waals surface area (Å²) in [5.74, 6) is -0.766. The van der Waals surface area contributed by atoms with Gasteiger partial charge in [0.05, 0.1) is 17.5 Å². The number of ether oxygens (including phenoxy) is 1. The van der Waals surface area contributed by atoms with Gasteiger partial charge in [0.2, 0.25) is 0 Å². The Hall–Kier alpha value is -2.08. The Bertz CT molecular complexity index is 699. The third-order valence-electron chi connectivity index (χ3n) is 3.43. The van der Waals surface area contributed by atoms with Crippen LogP contribution in [0.1, 0.15) is 38.8 Å². The average Bonchev–Trinajstić information content (AvgIpc) is 2.77. The maximum atomic E-state index is 11.9. The predicted octanol–water partition coefficient (Wildman–Crippen LogP) is 2.10. The van der Waals surface area contributed by atoms with E-state index in [4.69, 9.17) is 14.9 Å². The van der Waals surface area contributed by atoms with Crippen LogP contribution in [0.2, 0.25) is 0 Å². The van der Waals surface area contributed by atoms with E-state index in [9.17, 15) is 9.59 Å². The molecule has 1 aromatic carbocycles. The second-order valence-electron chi connectivity index (χ2n) is 5.69. The first-order valence-electron chi connectivity index (χ1n) is 6.89. The Kier molecular flexibility index (Phi) is 4.18. The van der Waals surface area contributed by atoms with Crippen LogP contribution in [-0.4, -0.2) is 17.6 Å². The van der Waals surface area contributed by atoms with Crippen LogP contribution in [0.25, 0.3) is 11.1 Å². The van der Waals surface area contributed by atoms with Crippen molar-refractivity contribution < 1.29 is 13.9 Å². The molecule has 0 amide bonds. The van der Waals surface area contributed by atoms with Gasteiger partial charge in [0.15, 0.2) is 5.58 Å². The van der Waals surface area contributed by atoms with Crippen LogP contribution >= 0.6 is 0 Å². The van der Waals surface area contributed by atoms with E-state index in [0.29, 0.717) is 24.1 Å². The largest absolute Gasteiger partial charge is 0.466 e. The molecule has 2 rings (SSSR count). The van der Waals surface area contributed by atoms with Crippen LogP contribution in [0.15, 0.2) is 27.4 Å². The summed E-state index contributed by atoms with van der Waals surface area (Å²) < 4.78 is 10.1. The van der Waals surface area contributed by atoms with Gasteiger partial charge in [-0.25, -0.2) is 4.79 Å². The molecular formula is C15H20N2O4. The summed E-state index contributed by atoms with van der Waals surface area (Å²) >= 11 is 0. The minimum absolute atomic E-state index is 0.269. The average molecular weight is 292 g/mol. The number of hydrogen-bond acceptors (Lipinski definition) is 5. The van der Waals surface area contributed by atoms with E-state index >= 15 is 0 Å². The van der Waals surface area contributed by atoms with E-state index in [1.165, 1.54) is 0 Å². The first kappa shape index (κ1) is 15.3. The molecule has 0 saturated heterocycles. The molecule has 0 spiro atoms. The monoisotopic (exact) mass is 292 g/mol. The van der Waals surface area contributed by atoms with Gasteiger partial charge in [0.25, 0.3) is 0 Å². The SMILES string of the molecule is CCOC(=O)C(C)(C)CC(N)c1ccc2[nH]c(=O)oc2c1. The van der Waals surface area contributed by atoms with Crippen molar-refractivity contribution in [3.63, 3.8) is 0 Å². The number of H-pyrrole nitrogens is 1. The fraction of sp³-hybridized carbons (Fsp3) is 0.467. The number of carbonyl (C=O) groups is 1. The summed E-state index contributed by atoms with van der Waals surface area (Å²) in [6, 6.07) is 4.93. The highest BCUT2D eigenvalue weighted by Crippen LogP contribution is 2.30. The number of nitrogens with one attached hydrogen (secondary N) is 1. The minimum Gasteiger partial charge on any atom is -0.466 e. The van der Waals surface area contributed by atoms with Crippen molar-refractivity contribution in [2.75, 3.05) is 6.61 Å². The van der Waals surface area contributed by atoms with Crippen LogP contribution in [-0.2, 0) is 9.53 Å². The van der Waals surface area contributed by atoms with Crippen molar-refractivity contribution >= 4 is 17.1 Å². The van der Waals surface area contributed by atoms with Crippen LogP contribution in [0.5, 0.6) is 0 Å². The van der Waals surface area contributed by atoms with E-state index in [2.05, 4.69) is 4.98 Å². The maximum absolute atomic E-state index is 11.9. The van der Waals surface area contributed by atoms with Crippen molar-refractivity contribution in [2.24, 2.45) is 11.1 Å². The highest BCUT2D eigenvalue weighted by atomic mass is 16.5. The van der Waals surface area contributed by atoms with Crippen molar-refractivity contribution in [2.45, 2.75) is 33.2 Å². The molecule has 21 heavy (non-hydrogen) atoms. The molecule has 1 aromatic heterocycles. The first-order valence-corrected chi connectivity index (χ1v) is 6.89. The smallest absolute Gasteiger partial charge is 0.417 e. The zero-order valence-electron chi connectivity index (χ0n) is 12.4. The fourth-order valence-corrected chi connectivity index (χ4v) is 2.27. The molecule has 0 aliphatic rings. The van der Waals surface area contributed by atoms with Gasteiger partial charge in [0, 0.05) is 6.04 Å². The molecule has 6 nitrogen and oxygen atoms in total. The molecule has 1 unspecified atom stereocenters. The second-order valence-corrected chi connectivity index (χ2v) is 5.69. The summed E-state index contributed by atoms with van der Waals surface area (Å²) in [6.07, 6.45) is 0.437. The number of aromatic nitrogens is 1. The standard InChI is InChI=1S/C15H20N2O4/c1-4-20-13(18)15(2,3)8-10(16)9-5-6-11-12(7-9)21-14(19)17-11/h5-7,10H,4,8,16H2,1-3H3,(H,17,19). The quantitative estimate of drug-likeness (QED) is 0.822. The lowest BCUT2D eigenvalue weighted by atomic mass is 9.84. The summed E-state index contributed by atoms with van der Waals surface area (Å²) in [7, 11) is 0. The van der Waals surface area contributed by atoms with Gasteiger partial charge in [-0.1, -0.05) is 6.07 Å². The predicted molar refractivity (Wildman–Crippen MR) is 78.8 cm³/mol. The van der Waals surface area contributed by atoms with Crippen LogP contribution in [0.3, 0.4) is 0 Å². The molecule has 0 bridgehead atoms. The lowest BCUT2D eigenvalue weighted by molar-refractivity contribution is -0.154. The zero-order chi connectivity index (χ0) is 15.6. The minimum atomic E-state index is -0.677. The first-order chi connectivity index (χ1) is 9.83. The molecule has 0 aliphatic carbocycles. The van der Waals surface area contributed by atoms with Crippen LogP contribution in [0, 0.1) is 5.41 Å². The van der Waals surface area contributed by atoms with E-state index in [1.54, 1.807) is 32.9 Å². The molecule has 0 saturated carbocycles. The third kappa shape index (κ3) is 3.33. The number of aromatic amines is 1. The fourth-order valence-electron chi connectivity index (χ4n) is 2.27. The van der Waals surface area contributed by atoms with Crippen molar-refractivity contribution in [3.05, 3.63) is 34.3 Å². The summed E-state index contributed by atoms with van der Waals surface area (Å²) in [4.78, 5) is 25.6. The molecular weight excluding hydrogens is 272 g/mol. The lowest BCUT2D eigenvalue weighted by Crippen LogP contribution is -2.31. The molecule has 1 atom stereocenters. The van der Waals surface area contributed by atoms with Gasteiger partial charge in [0.1, 0.15) is 0 Å². The van der Waals surface area contributed by atoms with Gasteiger partial charge >= 0.3 is 11.7 Å². The molecule has 6 heteroatoms. The Morgan fingerprint density at radius 1 is 1.48 bits per heavy atom. The molecule has 1 heterocycles. The van der Waals surface area contributed by atoms with E-state index in [-0.39, 0.29) is 12.0 Å². The van der Waals surface area contributed by atoms with Crippen molar-refractivity contribution in [3.8, 4) is 0 Å². The number of esters is 1. The number of oxazole rings is 1. The Labute approximate surface area is 122 Å². The summed E-state index contributed by atoms with van der Waals surface area (Å²) in [6.45, 7) is 5.73. The van der Waals surface area contributed by atoms with Crippen molar-refractivity contribution in [1.29, 1.82) is 0 Å². The molecule has 0 fully saturated rings. The number of rotatable bonds is 5. The highest BCUT2D eigenvalue weighted by Gasteiger charge is 2.31. The summed E-state index contributed by atoms with van der Waals surface area (Å²) in [5.41, 5.74) is 7.39. The molecule has 0 radical (unpaired) electrons. The van der Waals surface area contributed by atoms with Crippen molar-refractivity contribution in [1.82, 2.24) is 4.98 Å². The van der Waals surface area contributed by atoms with Gasteiger partial charge in [-0.2, -0.15) is 0 Å². The lowest BCUT2D eigenvalue weighted by Gasteiger charge is -2.25. The van der Waals surface area contributed by atoms with E-state index in [0.717, 1.165) is 5.56 Å². The van der Waals surface area contributed by atoms with Crippen LogP contribution in [0.4, 0.5) is 0 Å². The van der Waals surface area contributed by atoms with Gasteiger partial charge in [-0.15, -0.1) is 0 Å².